The molecule has 0 spiro atoms. The molecule has 23 heavy (non-hydrogen) atoms. The molecule has 0 saturated heterocycles. The summed E-state index contributed by atoms with van der Waals surface area (Å²) in [7, 11) is 3.18. The zero-order valence-corrected chi connectivity index (χ0v) is 15.0. The van der Waals surface area contributed by atoms with Gasteiger partial charge in [0.2, 0.25) is 5.91 Å². The zero-order valence-electron chi connectivity index (χ0n) is 14.2. The van der Waals surface area contributed by atoms with Crippen LogP contribution in [0, 0.1) is 5.92 Å². The van der Waals surface area contributed by atoms with Gasteiger partial charge >= 0.3 is 5.97 Å². The van der Waals surface area contributed by atoms with E-state index in [9.17, 15) is 14.7 Å². The molecule has 0 aromatic rings. The Balaban J connectivity index is 2.35. The Bertz CT molecular complexity index is 452. The van der Waals surface area contributed by atoms with Crippen LogP contribution in [0.3, 0.4) is 0 Å². The van der Waals surface area contributed by atoms with Crippen molar-refractivity contribution in [2.75, 3.05) is 27.3 Å². The van der Waals surface area contributed by atoms with E-state index in [1.54, 1.807) is 21.0 Å². The predicted molar refractivity (Wildman–Crippen MR) is 91.2 cm³/mol. The second kappa shape index (κ2) is 8.44. The van der Waals surface area contributed by atoms with Crippen LogP contribution in [0.2, 0.25) is 0 Å². The first-order valence-electron chi connectivity index (χ1n) is 7.76. The average Bonchev–Trinajstić information content (AvgIpc) is 3.17. The van der Waals surface area contributed by atoms with Gasteiger partial charge in [-0.25, -0.2) is 4.79 Å². The maximum absolute atomic E-state index is 12.1. The molecule has 0 heterocycles. The number of thiocarbonyl (C=S) groups is 1. The van der Waals surface area contributed by atoms with Gasteiger partial charge in [0, 0.05) is 27.1 Å². The summed E-state index contributed by atoms with van der Waals surface area (Å²) in [6.07, 6.45) is 2.21. The summed E-state index contributed by atoms with van der Waals surface area (Å²) in [4.78, 5) is 24.6. The van der Waals surface area contributed by atoms with Gasteiger partial charge in [-0.15, -0.1) is 0 Å². The SMILES string of the molecule is COCC1(NC(=S)NCCC(=O)N(C)[C@H](C(=O)O)C(C)C)CC1. The van der Waals surface area contributed by atoms with Crippen molar-refractivity contribution in [1.29, 1.82) is 0 Å². The maximum atomic E-state index is 12.1. The van der Waals surface area contributed by atoms with Crippen molar-refractivity contribution >= 4 is 29.2 Å². The van der Waals surface area contributed by atoms with E-state index >= 15 is 0 Å². The summed E-state index contributed by atoms with van der Waals surface area (Å²) >= 11 is 5.21. The first-order valence-corrected chi connectivity index (χ1v) is 8.16. The summed E-state index contributed by atoms with van der Waals surface area (Å²) in [5.41, 5.74) is -0.0638. The fraction of sp³-hybridized carbons (Fsp3) is 0.800. The van der Waals surface area contributed by atoms with Gasteiger partial charge in [0.1, 0.15) is 6.04 Å². The summed E-state index contributed by atoms with van der Waals surface area (Å²) in [6.45, 7) is 4.53. The standard InChI is InChI=1S/C15H27N3O4S/c1-10(2)12(13(20)21)18(3)11(19)5-8-16-14(23)17-15(6-7-15)9-22-4/h10,12H,5-9H2,1-4H3,(H,20,21)(H2,16,17,23)/t12-/m0/s1. The summed E-state index contributed by atoms with van der Waals surface area (Å²) in [5.74, 6) is -1.36. The van der Waals surface area contributed by atoms with Crippen LogP contribution in [0.5, 0.6) is 0 Å². The third kappa shape index (κ3) is 5.95. The number of ether oxygens (including phenoxy) is 1. The number of carbonyl (C=O) groups excluding carboxylic acids is 1. The van der Waals surface area contributed by atoms with Crippen LogP contribution in [0.25, 0.3) is 0 Å². The lowest BCUT2D eigenvalue weighted by Gasteiger charge is -2.28. The van der Waals surface area contributed by atoms with Crippen LogP contribution < -0.4 is 10.6 Å². The van der Waals surface area contributed by atoms with Gasteiger partial charge in [-0.1, -0.05) is 13.8 Å². The monoisotopic (exact) mass is 345 g/mol. The minimum atomic E-state index is -0.990. The van der Waals surface area contributed by atoms with Crippen molar-refractivity contribution in [3.05, 3.63) is 0 Å². The van der Waals surface area contributed by atoms with Crippen LogP contribution in [-0.4, -0.2) is 65.9 Å². The zero-order chi connectivity index (χ0) is 17.6. The third-order valence-electron chi connectivity index (χ3n) is 3.97. The molecule has 7 nitrogen and oxygen atoms in total. The number of hydrogen-bond acceptors (Lipinski definition) is 4. The Morgan fingerprint density at radius 2 is 2.00 bits per heavy atom. The van der Waals surface area contributed by atoms with Crippen molar-refractivity contribution in [2.45, 2.75) is 44.7 Å². The number of methoxy groups -OCH3 is 1. The topological polar surface area (TPSA) is 90.9 Å². The molecule has 1 atom stereocenters. The number of nitrogens with zero attached hydrogens (tertiary/aromatic N) is 1. The highest BCUT2D eigenvalue weighted by molar-refractivity contribution is 7.80. The highest BCUT2D eigenvalue weighted by Crippen LogP contribution is 2.35. The van der Waals surface area contributed by atoms with E-state index in [0.29, 0.717) is 18.3 Å². The van der Waals surface area contributed by atoms with Gasteiger partial charge in [-0.2, -0.15) is 0 Å². The van der Waals surface area contributed by atoms with Crippen LogP contribution >= 0.6 is 12.2 Å². The number of rotatable bonds is 9. The molecule has 0 radical (unpaired) electrons. The van der Waals surface area contributed by atoms with E-state index in [1.165, 1.54) is 11.9 Å². The van der Waals surface area contributed by atoms with Gasteiger partial charge in [0.05, 0.1) is 12.1 Å². The molecule has 1 aliphatic carbocycles. The molecule has 0 aliphatic heterocycles. The van der Waals surface area contributed by atoms with E-state index in [2.05, 4.69) is 10.6 Å². The van der Waals surface area contributed by atoms with Gasteiger partial charge in [-0.05, 0) is 31.0 Å². The van der Waals surface area contributed by atoms with Crippen LogP contribution in [-0.2, 0) is 14.3 Å². The van der Waals surface area contributed by atoms with E-state index in [1.807, 2.05) is 0 Å². The molecule has 8 heteroatoms. The van der Waals surface area contributed by atoms with E-state index in [-0.39, 0.29) is 23.8 Å². The largest absolute Gasteiger partial charge is 0.480 e. The van der Waals surface area contributed by atoms with Gasteiger partial charge in [0.25, 0.3) is 0 Å². The molecule has 1 amide bonds. The molecule has 3 N–H and O–H groups in total. The fourth-order valence-corrected chi connectivity index (χ4v) is 2.85. The molecule has 0 aromatic carbocycles. The van der Waals surface area contributed by atoms with Crippen molar-refractivity contribution in [3.8, 4) is 0 Å². The number of likely N-dealkylation sites (N-methyl/N-ethyl adjacent to an activating group) is 1. The molecule has 0 aromatic heterocycles. The Morgan fingerprint density at radius 3 is 2.43 bits per heavy atom. The molecule has 1 aliphatic rings. The Labute approximate surface area is 142 Å². The average molecular weight is 345 g/mol. The van der Waals surface area contributed by atoms with Gasteiger partial charge < -0.3 is 25.4 Å². The molecule has 0 bridgehead atoms. The smallest absolute Gasteiger partial charge is 0.326 e. The van der Waals surface area contributed by atoms with E-state index in [0.717, 1.165) is 12.8 Å². The van der Waals surface area contributed by atoms with E-state index < -0.39 is 12.0 Å². The third-order valence-corrected chi connectivity index (χ3v) is 4.22. The lowest BCUT2D eigenvalue weighted by atomic mass is 10.0. The van der Waals surface area contributed by atoms with Crippen molar-refractivity contribution < 1.29 is 19.4 Å². The number of nitrogens with one attached hydrogen (secondary N) is 2. The highest BCUT2D eigenvalue weighted by Gasteiger charge is 2.43. The number of carbonyl (C=O) groups is 2. The minimum absolute atomic E-state index is 0.0638. The predicted octanol–water partition coefficient (Wildman–Crippen LogP) is 0.587. The van der Waals surface area contributed by atoms with Crippen molar-refractivity contribution in [2.24, 2.45) is 5.92 Å². The number of aliphatic carboxylic acids is 1. The fourth-order valence-electron chi connectivity index (χ4n) is 2.53. The first-order chi connectivity index (χ1) is 10.7. The Kier molecular flexibility index (Phi) is 7.21. The first kappa shape index (κ1) is 19.6. The van der Waals surface area contributed by atoms with Crippen LogP contribution in [0.15, 0.2) is 0 Å². The van der Waals surface area contributed by atoms with Crippen LogP contribution in [0.1, 0.15) is 33.1 Å². The van der Waals surface area contributed by atoms with Gasteiger partial charge in [-0.3, -0.25) is 4.79 Å². The second-order valence-corrected chi connectivity index (χ2v) is 6.78. The molecular formula is C15H27N3O4S. The number of carboxylic acids is 1. The van der Waals surface area contributed by atoms with E-state index in [4.69, 9.17) is 17.0 Å². The van der Waals surface area contributed by atoms with Crippen LogP contribution in [0.4, 0.5) is 0 Å². The molecule has 1 fully saturated rings. The highest BCUT2D eigenvalue weighted by atomic mass is 32.1. The Hall–Kier alpha value is -1.41. The molecule has 132 valence electrons. The van der Waals surface area contributed by atoms with Crippen molar-refractivity contribution in [3.63, 3.8) is 0 Å². The molecule has 1 saturated carbocycles. The molecule has 0 unspecified atom stereocenters. The quantitative estimate of drug-likeness (QED) is 0.527. The minimum Gasteiger partial charge on any atom is -0.480 e. The normalized spacial score (nSPS) is 16.6. The summed E-state index contributed by atoms with van der Waals surface area (Å²) < 4.78 is 5.15. The number of carboxylic acid groups (broad SMARTS) is 1. The lowest BCUT2D eigenvalue weighted by molar-refractivity contribution is -0.150. The van der Waals surface area contributed by atoms with Crippen molar-refractivity contribution in [1.82, 2.24) is 15.5 Å². The Morgan fingerprint density at radius 1 is 1.39 bits per heavy atom. The number of amides is 1. The molecule has 1 rings (SSSR count). The van der Waals surface area contributed by atoms with Gasteiger partial charge in [0.15, 0.2) is 5.11 Å². The maximum Gasteiger partial charge on any atom is 0.326 e. The molecular weight excluding hydrogens is 318 g/mol. The summed E-state index contributed by atoms with van der Waals surface area (Å²) in [6, 6.07) is -0.816. The summed E-state index contributed by atoms with van der Waals surface area (Å²) in [5, 5.41) is 15.9. The lowest BCUT2D eigenvalue weighted by Crippen LogP contribution is -2.48. The number of hydrogen-bond donors (Lipinski definition) is 3. The second-order valence-electron chi connectivity index (χ2n) is 6.38.